The van der Waals surface area contributed by atoms with Gasteiger partial charge in [-0.2, -0.15) is 0 Å². The maximum absolute atomic E-state index is 12.0. The molecule has 5 heteroatoms. The minimum absolute atomic E-state index is 0.142. The Bertz CT molecular complexity index is 551. The zero-order chi connectivity index (χ0) is 15.1. The lowest BCUT2D eigenvalue weighted by Crippen LogP contribution is -2.25. The highest BCUT2D eigenvalue weighted by Crippen LogP contribution is 2.21. The predicted octanol–water partition coefficient (Wildman–Crippen LogP) is 3.00. The van der Waals surface area contributed by atoms with Gasteiger partial charge in [0.15, 0.2) is 0 Å². The summed E-state index contributed by atoms with van der Waals surface area (Å²) in [6.45, 7) is 2.96. The lowest BCUT2D eigenvalue weighted by molar-refractivity contribution is 0.0943. The van der Waals surface area contributed by atoms with Crippen LogP contribution in [0, 0.1) is 0 Å². The van der Waals surface area contributed by atoms with Crippen LogP contribution >= 0.6 is 11.3 Å². The highest BCUT2D eigenvalue weighted by atomic mass is 32.1. The molecule has 112 valence electrons. The van der Waals surface area contributed by atoms with E-state index in [9.17, 15) is 9.90 Å². The summed E-state index contributed by atoms with van der Waals surface area (Å²) in [5.41, 5.74) is 0.587. The van der Waals surface area contributed by atoms with Crippen molar-refractivity contribution in [2.24, 2.45) is 0 Å². The van der Waals surface area contributed by atoms with Crippen LogP contribution in [-0.2, 0) is 0 Å². The van der Waals surface area contributed by atoms with Gasteiger partial charge < -0.3 is 15.2 Å². The number of aliphatic hydroxyl groups is 1. The van der Waals surface area contributed by atoms with Crippen molar-refractivity contribution in [1.29, 1.82) is 0 Å². The lowest BCUT2D eigenvalue weighted by atomic mass is 10.2. The molecule has 2 aromatic rings. The van der Waals surface area contributed by atoms with E-state index in [1.165, 1.54) is 11.3 Å². The Morgan fingerprint density at radius 1 is 1.33 bits per heavy atom. The fourth-order valence-corrected chi connectivity index (χ4v) is 2.66. The van der Waals surface area contributed by atoms with Gasteiger partial charge in [-0.15, -0.1) is 11.3 Å². The molecular formula is C16H19NO3S. The zero-order valence-electron chi connectivity index (χ0n) is 11.9. The van der Waals surface area contributed by atoms with E-state index in [-0.39, 0.29) is 5.91 Å². The average molecular weight is 305 g/mol. The Hall–Kier alpha value is -1.85. The maximum atomic E-state index is 12.0. The van der Waals surface area contributed by atoms with Crippen LogP contribution in [0.25, 0.3) is 0 Å². The number of hydrogen-bond acceptors (Lipinski definition) is 4. The second kappa shape index (κ2) is 7.81. The molecule has 0 aliphatic rings. The molecule has 1 aromatic heterocycles. The van der Waals surface area contributed by atoms with Crippen LogP contribution in [0.1, 0.15) is 34.7 Å². The summed E-state index contributed by atoms with van der Waals surface area (Å²) in [6.07, 6.45) is -0.0193. The summed E-state index contributed by atoms with van der Waals surface area (Å²) in [7, 11) is 0. The fraction of sp³-hybridized carbons (Fsp3) is 0.312. The van der Waals surface area contributed by atoms with Crippen molar-refractivity contribution in [3.8, 4) is 5.75 Å². The zero-order valence-corrected chi connectivity index (χ0v) is 12.7. The van der Waals surface area contributed by atoms with E-state index >= 15 is 0 Å². The number of thiophene rings is 1. The molecule has 1 atom stereocenters. The molecule has 0 saturated carbocycles. The quantitative estimate of drug-likeness (QED) is 0.826. The van der Waals surface area contributed by atoms with E-state index in [1.807, 2.05) is 24.4 Å². The highest BCUT2D eigenvalue weighted by molar-refractivity contribution is 7.10. The standard InChI is InChI=1S/C16H19NO3S/c1-2-20-13-7-5-12(6-8-13)16(19)17-10-9-14(18)15-4-3-11-21-15/h3-8,11,14,18H,2,9-10H2,1H3,(H,17,19). The van der Waals surface area contributed by atoms with Gasteiger partial charge in [0.05, 0.1) is 12.7 Å². The van der Waals surface area contributed by atoms with Crippen LogP contribution in [0.15, 0.2) is 41.8 Å². The predicted molar refractivity (Wildman–Crippen MR) is 83.8 cm³/mol. The molecule has 2 N–H and O–H groups in total. The van der Waals surface area contributed by atoms with Crippen LogP contribution in [0.2, 0.25) is 0 Å². The number of ether oxygens (including phenoxy) is 1. The molecule has 0 aliphatic heterocycles. The molecule has 2 rings (SSSR count). The molecule has 1 aromatic carbocycles. The largest absolute Gasteiger partial charge is 0.494 e. The van der Waals surface area contributed by atoms with Gasteiger partial charge in [-0.3, -0.25) is 4.79 Å². The van der Waals surface area contributed by atoms with Crippen molar-refractivity contribution in [3.63, 3.8) is 0 Å². The van der Waals surface area contributed by atoms with E-state index in [1.54, 1.807) is 24.3 Å². The van der Waals surface area contributed by atoms with Crippen molar-refractivity contribution in [1.82, 2.24) is 5.32 Å². The van der Waals surface area contributed by atoms with Crippen molar-refractivity contribution in [3.05, 3.63) is 52.2 Å². The molecule has 1 amide bonds. The molecule has 0 bridgehead atoms. The van der Waals surface area contributed by atoms with Gasteiger partial charge in [-0.25, -0.2) is 0 Å². The number of amides is 1. The molecule has 1 heterocycles. The summed E-state index contributed by atoms with van der Waals surface area (Å²) < 4.78 is 5.33. The second-order valence-electron chi connectivity index (χ2n) is 4.53. The number of carbonyl (C=O) groups is 1. The van der Waals surface area contributed by atoms with Crippen LogP contribution in [0.3, 0.4) is 0 Å². The van der Waals surface area contributed by atoms with Crippen LogP contribution in [-0.4, -0.2) is 24.2 Å². The first-order chi connectivity index (χ1) is 10.2. The van der Waals surface area contributed by atoms with Crippen LogP contribution < -0.4 is 10.1 Å². The number of aliphatic hydroxyl groups excluding tert-OH is 1. The van der Waals surface area contributed by atoms with Gasteiger partial charge in [0.1, 0.15) is 5.75 Å². The molecular weight excluding hydrogens is 286 g/mol. The van der Waals surface area contributed by atoms with Crippen molar-refractivity contribution in [2.75, 3.05) is 13.2 Å². The number of carbonyl (C=O) groups excluding carboxylic acids is 1. The van der Waals surface area contributed by atoms with Gasteiger partial charge in [-0.1, -0.05) is 6.07 Å². The minimum Gasteiger partial charge on any atom is -0.494 e. The first-order valence-corrected chi connectivity index (χ1v) is 7.81. The summed E-state index contributed by atoms with van der Waals surface area (Å²) >= 11 is 1.52. The molecule has 1 unspecified atom stereocenters. The third kappa shape index (κ3) is 4.58. The van der Waals surface area contributed by atoms with Crippen molar-refractivity contribution in [2.45, 2.75) is 19.4 Å². The Kier molecular flexibility index (Phi) is 5.78. The third-order valence-electron chi connectivity index (χ3n) is 3.00. The highest BCUT2D eigenvalue weighted by Gasteiger charge is 2.10. The molecule has 4 nitrogen and oxygen atoms in total. The van der Waals surface area contributed by atoms with Gasteiger partial charge in [0, 0.05) is 17.0 Å². The molecule has 0 aliphatic carbocycles. The number of hydrogen-bond donors (Lipinski definition) is 2. The lowest BCUT2D eigenvalue weighted by Gasteiger charge is -2.10. The van der Waals surface area contributed by atoms with Crippen molar-refractivity contribution < 1.29 is 14.6 Å². The molecule has 0 spiro atoms. The molecule has 0 saturated heterocycles. The first kappa shape index (κ1) is 15.5. The van der Waals surface area contributed by atoms with E-state index < -0.39 is 6.10 Å². The maximum Gasteiger partial charge on any atom is 0.251 e. The fourth-order valence-electron chi connectivity index (χ4n) is 1.92. The molecule has 0 fully saturated rings. The monoisotopic (exact) mass is 305 g/mol. The Morgan fingerprint density at radius 2 is 2.10 bits per heavy atom. The Labute approximate surface area is 128 Å². The second-order valence-corrected chi connectivity index (χ2v) is 5.51. The average Bonchev–Trinajstić information content (AvgIpc) is 3.02. The number of benzene rings is 1. The summed E-state index contributed by atoms with van der Waals surface area (Å²) in [5, 5.41) is 14.7. The number of nitrogens with one attached hydrogen (secondary N) is 1. The van der Waals surface area contributed by atoms with E-state index in [0.29, 0.717) is 25.1 Å². The van der Waals surface area contributed by atoms with Gasteiger partial charge in [-0.05, 0) is 49.1 Å². The van der Waals surface area contributed by atoms with Gasteiger partial charge in [0.2, 0.25) is 0 Å². The van der Waals surface area contributed by atoms with Gasteiger partial charge >= 0.3 is 0 Å². The Morgan fingerprint density at radius 3 is 2.71 bits per heavy atom. The third-order valence-corrected chi connectivity index (χ3v) is 3.98. The first-order valence-electron chi connectivity index (χ1n) is 6.93. The normalized spacial score (nSPS) is 11.9. The van der Waals surface area contributed by atoms with E-state index in [0.717, 1.165) is 10.6 Å². The molecule has 21 heavy (non-hydrogen) atoms. The topological polar surface area (TPSA) is 58.6 Å². The van der Waals surface area contributed by atoms with E-state index in [4.69, 9.17) is 4.74 Å². The Balaban J connectivity index is 1.79. The summed E-state index contributed by atoms with van der Waals surface area (Å²) in [4.78, 5) is 12.9. The summed E-state index contributed by atoms with van der Waals surface area (Å²) in [6, 6.07) is 10.8. The summed E-state index contributed by atoms with van der Waals surface area (Å²) in [5.74, 6) is 0.610. The van der Waals surface area contributed by atoms with Gasteiger partial charge in [0.25, 0.3) is 5.91 Å². The number of rotatable bonds is 7. The van der Waals surface area contributed by atoms with E-state index in [2.05, 4.69) is 5.32 Å². The molecule has 0 radical (unpaired) electrons. The van der Waals surface area contributed by atoms with Crippen LogP contribution in [0.4, 0.5) is 0 Å². The van der Waals surface area contributed by atoms with Crippen molar-refractivity contribution >= 4 is 17.2 Å². The smallest absolute Gasteiger partial charge is 0.251 e. The minimum atomic E-state index is -0.523. The SMILES string of the molecule is CCOc1ccc(C(=O)NCCC(O)c2cccs2)cc1. The van der Waals surface area contributed by atoms with Crippen LogP contribution in [0.5, 0.6) is 5.75 Å².